The van der Waals surface area contributed by atoms with Crippen LogP contribution in [0.3, 0.4) is 0 Å². The monoisotopic (exact) mass is 439 g/mol. The highest BCUT2D eigenvalue weighted by molar-refractivity contribution is 7.78. The van der Waals surface area contributed by atoms with E-state index in [2.05, 4.69) is 4.98 Å². The van der Waals surface area contributed by atoms with Crippen LogP contribution in [-0.2, 0) is 15.9 Å². The Morgan fingerprint density at radius 3 is 2.52 bits per heavy atom. The van der Waals surface area contributed by atoms with Crippen molar-refractivity contribution in [3.63, 3.8) is 0 Å². The van der Waals surface area contributed by atoms with Gasteiger partial charge in [-0.2, -0.15) is 0 Å². The van der Waals surface area contributed by atoms with Gasteiger partial charge in [0.25, 0.3) is 11.6 Å². The second-order valence-electron chi connectivity index (χ2n) is 5.85. The zero-order valence-corrected chi connectivity index (χ0v) is 17.0. The summed E-state index contributed by atoms with van der Waals surface area (Å²) in [6, 6.07) is 9.66. The van der Waals surface area contributed by atoms with Crippen LogP contribution in [0.2, 0.25) is 5.15 Å². The van der Waals surface area contributed by atoms with E-state index in [1.54, 1.807) is 49.0 Å². The van der Waals surface area contributed by atoms with Crippen molar-refractivity contribution >= 4 is 45.7 Å². The number of para-hydroxylation sites is 1. The van der Waals surface area contributed by atoms with Gasteiger partial charge in [-0.05, 0) is 18.2 Å². The molecule has 0 N–H and O–H groups in total. The maximum Gasteiger partial charge on any atom is 0.292 e. The molecular formula is C17H16ClN4O6S-. The first-order chi connectivity index (χ1) is 13.7. The first-order valence-corrected chi connectivity index (χ1v) is 9.68. The summed E-state index contributed by atoms with van der Waals surface area (Å²) in [5.41, 5.74) is 1.83. The number of likely N-dealkylation sites (N-methyl/N-ethyl adjacent to an activating group) is 2. The van der Waals surface area contributed by atoms with E-state index in [0.717, 1.165) is 0 Å². The molecule has 1 aromatic heterocycles. The van der Waals surface area contributed by atoms with Crippen molar-refractivity contribution in [1.82, 2.24) is 4.98 Å². The van der Waals surface area contributed by atoms with E-state index >= 15 is 0 Å². The highest BCUT2D eigenvalue weighted by Crippen LogP contribution is 2.29. The lowest BCUT2D eigenvalue weighted by atomic mass is 10.0. The summed E-state index contributed by atoms with van der Waals surface area (Å²) in [5, 5.41) is 20.7. The van der Waals surface area contributed by atoms with Gasteiger partial charge in [-0.25, -0.2) is 9.56 Å². The lowest BCUT2D eigenvalue weighted by Gasteiger charge is -2.15. The highest BCUT2D eigenvalue weighted by Gasteiger charge is 2.35. The van der Waals surface area contributed by atoms with Crippen LogP contribution in [0.1, 0.15) is 11.3 Å². The minimum atomic E-state index is -2.38. The fraction of sp³-hybridized carbons (Fsp3) is 0.235. The summed E-state index contributed by atoms with van der Waals surface area (Å²) in [5.74, 6) is -1.17. The zero-order valence-electron chi connectivity index (χ0n) is 15.4. The van der Waals surface area contributed by atoms with Gasteiger partial charge < -0.3 is 14.6 Å². The van der Waals surface area contributed by atoms with E-state index in [1.807, 2.05) is 0 Å². The molecular weight excluding hydrogens is 424 g/mol. The molecule has 1 amide bonds. The van der Waals surface area contributed by atoms with E-state index in [-0.39, 0.29) is 23.3 Å². The Bertz CT molecular complexity index is 1010. The molecule has 12 heteroatoms. The predicted octanol–water partition coefficient (Wildman–Crippen LogP) is 0.283. The summed E-state index contributed by atoms with van der Waals surface area (Å²) < 4.78 is 19.8. The average molecular weight is 440 g/mol. The van der Waals surface area contributed by atoms with Crippen molar-refractivity contribution in [1.29, 1.82) is 0 Å². The number of nitro groups is 1. The SMILES string of the molecule is CN1C(=O)C[N+](C)=C(c2ccccc2[N+](=O)[O-])c2nc(Cl)ccc21.O=S([O-])C[O-]. The number of halogens is 1. The van der Waals surface area contributed by atoms with Crippen molar-refractivity contribution in [2.45, 2.75) is 0 Å². The molecule has 2 heterocycles. The molecule has 1 aliphatic heterocycles. The highest BCUT2D eigenvalue weighted by atomic mass is 35.5. The molecule has 154 valence electrons. The number of hydrogen-bond acceptors (Lipinski definition) is 7. The van der Waals surface area contributed by atoms with Crippen LogP contribution < -0.4 is 10.0 Å². The molecule has 29 heavy (non-hydrogen) atoms. The number of aromatic nitrogens is 1. The van der Waals surface area contributed by atoms with Gasteiger partial charge in [0.05, 0.1) is 10.6 Å². The molecule has 1 atom stereocenters. The fourth-order valence-corrected chi connectivity index (χ4v) is 2.89. The minimum Gasteiger partial charge on any atom is -0.846 e. The maximum atomic E-state index is 12.3. The molecule has 1 aromatic carbocycles. The molecule has 0 bridgehead atoms. The van der Waals surface area contributed by atoms with E-state index < -0.39 is 21.9 Å². The summed E-state index contributed by atoms with van der Waals surface area (Å²) in [6.07, 6.45) is 0. The normalized spacial score (nSPS) is 14.5. The van der Waals surface area contributed by atoms with Gasteiger partial charge in [0.15, 0.2) is 5.69 Å². The Kier molecular flexibility index (Phi) is 7.51. The van der Waals surface area contributed by atoms with Crippen molar-refractivity contribution < 1.29 is 28.2 Å². The number of pyridine rings is 1. The van der Waals surface area contributed by atoms with Gasteiger partial charge in [0.1, 0.15) is 17.8 Å². The zero-order chi connectivity index (χ0) is 21.7. The van der Waals surface area contributed by atoms with Gasteiger partial charge >= 0.3 is 0 Å². The van der Waals surface area contributed by atoms with Crippen molar-refractivity contribution in [3.05, 3.63) is 62.9 Å². The summed E-state index contributed by atoms with van der Waals surface area (Å²) in [7, 11) is 3.35. The summed E-state index contributed by atoms with van der Waals surface area (Å²) in [4.78, 5) is 29.1. The second kappa shape index (κ2) is 9.65. The van der Waals surface area contributed by atoms with Crippen LogP contribution in [0.25, 0.3) is 0 Å². The molecule has 0 saturated heterocycles. The number of anilines is 1. The van der Waals surface area contributed by atoms with Crippen LogP contribution >= 0.6 is 11.6 Å². The van der Waals surface area contributed by atoms with Crippen LogP contribution in [0.5, 0.6) is 0 Å². The van der Waals surface area contributed by atoms with Gasteiger partial charge in [-0.1, -0.05) is 40.8 Å². The third-order valence-electron chi connectivity index (χ3n) is 4.01. The van der Waals surface area contributed by atoms with Gasteiger partial charge in [0, 0.05) is 13.1 Å². The average Bonchev–Trinajstić information content (AvgIpc) is 2.76. The van der Waals surface area contributed by atoms with E-state index in [4.69, 9.17) is 25.5 Å². The Morgan fingerprint density at radius 1 is 1.31 bits per heavy atom. The predicted molar refractivity (Wildman–Crippen MR) is 104 cm³/mol. The molecule has 0 saturated carbocycles. The van der Waals surface area contributed by atoms with Crippen molar-refractivity contribution in [2.75, 3.05) is 31.5 Å². The lowest BCUT2D eigenvalue weighted by Crippen LogP contribution is -2.32. The number of hydrogen-bond donors (Lipinski definition) is 0. The van der Waals surface area contributed by atoms with Crippen LogP contribution in [-0.4, -0.2) is 61.4 Å². The number of rotatable bonds is 3. The van der Waals surface area contributed by atoms with Crippen molar-refractivity contribution in [2.24, 2.45) is 0 Å². The lowest BCUT2D eigenvalue weighted by molar-refractivity contribution is -0.484. The van der Waals surface area contributed by atoms with Gasteiger partial charge in [-0.15, -0.1) is 0 Å². The molecule has 0 radical (unpaired) electrons. The van der Waals surface area contributed by atoms with E-state index in [0.29, 0.717) is 22.7 Å². The van der Waals surface area contributed by atoms with E-state index in [9.17, 15) is 14.9 Å². The smallest absolute Gasteiger partial charge is 0.292 e. The van der Waals surface area contributed by atoms with Gasteiger partial charge in [0.2, 0.25) is 12.3 Å². The summed E-state index contributed by atoms with van der Waals surface area (Å²) >= 11 is 3.66. The van der Waals surface area contributed by atoms with Crippen LogP contribution in [0.4, 0.5) is 11.4 Å². The molecule has 1 unspecified atom stereocenters. The molecule has 10 nitrogen and oxygen atoms in total. The minimum absolute atomic E-state index is 0.0518. The third-order valence-corrected chi connectivity index (χ3v) is 4.41. The fourth-order valence-electron chi connectivity index (χ4n) is 2.74. The Hall–Kier alpha value is -2.73. The number of amides is 1. The standard InChI is InChI=1S/C16H14ClN4O3.CH3O3S/c1-19-9-14(22)20(2)12-7-8-13(17)18-15(12)16(19)10-5-3-4-6-11(10)21(23)24;2-1-5(3)4/h3-8H,9H2,1-2H3;1H2,(H,3,4)/q+1;-1/p-1. The molecule has 0 spiro atoms. The Morgan fingerprint density at radius 2 is 1.93 bits per heavy atom. The Labute approximate surface area is 173 Å². The number of nitro benzene ring substituents is 1. The number of carbonyl (C=O) groups is 1. The topological polar surface area (TPSA) is 143 Å². The number of benzene rings is 1. The molecule has 0 aliphatic carbocycles. The maximum absolute atomic E-state index is 12.3. The Balaban J connectivity index is 0.000000537. The van der Waals surface area contributed by atoms with Gasteiger partial charge in [-0.3, -0.25) is 19.1 Å². The first kappa shape index (κ1) is 22.6. The van der Waals surface area contributed by atoms with Crippen molar-refractivity contribution in [3.8, 4) is 0 Å². The number of carbonyl (C=O) groups excluding carboxylic acids is 1. The molecule has 1 aliphatic rings. The third kappa shape index (κ3) is 5.21. The second-order valence-corrected chi connectivity index (χ2v) is 7.09. The first-order valence-electron chi connectivity index (χ1n) is 8.06. The van der Waals surface area contributed by atoms with Crippen LogP contribution in [0.15, 0.2) is 36.4 Å². The molecule has 3 rings (SSSR count). The largest absolute Gasteiger partial charge is 0.846 e. The summed E-state index contributed by atoms with van der Waals surface area (Å²) in [6.45, 7) is 0.0753. The van der Waals surface area contributed by atoms with Crippen LogP contribution in [0, 0.1) is 10.1 Å². The number of nitrogens with zero attached hydrogens (tertiary/aromatic N) is 4. The quantitative estimate of drug-likeness (QED) is 0.220. The number of fused-ring (bicyclic) bond motifs is 1. The molecule has 2 aromatic rings. The van der Waals surface area contributed by atoms with E-state index in [1.165, 1.54) is 11.0 Å². The molecule has 0 fully saturated rings.